The Balaban J connectivity index is 1.50. The zero-order valence-corrected chi connectivity index (χ0v) is 16.4. The van der Waals surface area contributed by atoms with Crippen molar-refractivity contribution in [2.75, 3.05) is 5.32 Å². The maximum Gasteiger partial charge on any atom is 0.237 e. The molecule has 1 heterocycles. The van der Waals surface area contributed by atoms with Crippen molar-refractivity contribution >= 4 is 35.0 Å². The molecule has 1 aliphatic rings. The molecule has 3 aromatic rings. The van der Waals surface area contributed by atoms with Gasteiger partial charge >= 0.3 is 0 Å². The molecule has 0 radical (unpaired) electrons. The first kappa shape index (κ1) is 18.1. The second-order valence-corrected chi connectivity index (χ2v) is 8.22. The van der Waals surface area contributed by atoms with Crippen molar-refractivity contribution in [1.82, 2.24) is 14.8 Å². The van der Waals surface area contributed by atoms with Gasteiger partial charge in [-0.3, -0.25) is 4.79 Å². The molecule has 7 heteroatoms. The summed E-state index contributed by atoms with van der Waals surface area (Å²) in [7, 11) is 0. The molecule has 1 fully saturated rings. The summed E-state index contributed by atoms with van der Waals surface area (Å²) in [6.45, 7) is 1.84. The fourth-order valence-electron chi connectivity index (χ4n) is 2.73. The van der Waals surface area contributed by atoms with E-state index in [2.05, 4.69) is 10.4 Å². The highest BCUT2D eigenvalue weighted by atomic mass is 35.5. The smallest absolute Gasteiger partial charge is 0.237 e. The van der Waals surface area contributed by atoms with Crippen molar-refractivity contribution in [1.29, 1.82) is 0 Å². The number of halogens is 1. The van der Waals surface area contributed by atoms with Crippen LogP contribution in [-0.4, -0.2) is 25.9 Å². The molecular formula is C20H19ClN4OS. The molecule has 27 heavy (non-hydrogen) atoms. The number of hydrogen-bond donors (Lipinski definition) is 1. The highest BCUT2D eigenvalue weighted by Crippen LogP contribution is 2.40. The van der Waals surface area contributed by atoms with Gasteiger partial charge in [0.1, 0.15) is 5.82 Å². The second-order valence-electron chi connectivity index (χ2n) is 6.50. The SMILES string of the molecule is C[C@@H](Sc1nc(C2CC2)n(-c2ccccc2)n1)C(=O)Nc1ccccc1Cl. The lowest BCUT2D eigenvalue weighted by atomic mass is 10.3. The van der Waals surface area contributed by atoms with Crippen LogP contribution in [0.15, 0.2) is 59.8 Å². The summed E-state index contributed by atoms with van der Waals surface area (Å²) in [6, 6.07) is 17.2. The molecule has 0 unspecified atom stereocenters. The number of nitrogens with zero attached hydrogens (tertiary/aromatic N) is 3. The normalized spacial score (nSPS) is 14.7. The number of rotatable bonds is 6. The average Bonchev–Trinajstić information content (AvgIpc) is 3.44. The molecule has 0 saturated heterocycles. The summed E-state index contributed by atoms with van der Waals surface area (Å²) in [4.78, 5) is 17.2. The summed E-state index contributed by atoms with van der Waals surface area (Å²) in [5, 5.41) is 8.30. The van der Waals surface area contributed by atoms with Crippen LogP contribution in [0.4, 0.5) is 5.69 Å². The Morgan fingerprint density at radius 1 is 1.19 bits per heavy atom. The summed E-state index contributed by atoms with van der Waals surface area (Å²) in [5.41, 5.74) is 1.60. The third kappa shape index (κ3) is 4.17. The number of anilines is 1. The number of amides is 1. The van der Waals surface area contributed by atoms with Crippen molar-refractivity contribution in [2.24, 2.45) is 0 Å². The molecule has 0 bridgehead atoms. The van der Waals surface area contributed by atoms with Gasteiger partial charge in [0.05, 0.1) is 21.6 Å². The van der Waals surface area contributed by atoms with E-state index in [0.717, 1.165) is 24.4 Å². The predicted molar refractivity (Wildman–Crippen MR) is 109 cm³/mol. The minimum Gasteiger partial charge on any atom is -0.324 e. The maximum atomic E-state index is 12.5. The van der Waals surface area contributed by atoms with Crippen molar-refractivity contribution < 1.29 is 4.79 Å². The topological polar surface area (TPSA) is 59.8 Å². The molecule has 1 amide bonds. The molecule has 2 aromatic carbocycles. The van der Waals surface area contributed by atoms with Gasteiger partial charge in [0, 0.05) is 5.92 Å². The van der Waals surface area contributed by atoms with E-state index in [0.29, 0.717) is 21.8 Å². The van der Waals surface area contributed by atoms with Crippen LogP contribution < -0.4 is 5.32 Å². The van der Waals surface area contributed by atoms with E-state index in [-0.39, 0.29) is 11.2 Å². The van der Waals surface area contributed by atoms with Crippen LogP contribution in [0.1, 0.15) is 31.5 Å². The van der Waals surface area contributed by atoms with Crippen LogP contribution >= 0.6 is 23.4 Å². The van der Waals surface area contributed by atoms with Crippen LogP contribution in [-0.2, 0) is 4.79 Å². The van der Waals surface area contributed by atoms with Crippen molar-refractivity contribution in [2.45, 2.75) is 36.1 Å². The molecule has 1 aliphatic carbocycles. The Kier molecular flexibility index (Phi) is 5.18. The van der Waals surface area contributed by atoms with Gasteiger partial charge in [-0.2, -0.15) is 0 Å². The quantitative estimate of drug-likeness (QED) is 0.599. The lowest BCUT2D eigenvalue weighted by molar-refractivity contribution is -0.115. The van der Waals surface area contributed by atoms with Crippen LogP contribution in [0.3, 0.4) is 0 Å². The zero-order valence-electron chi connectivity index (χ0n) is 14.8. The number of nitrogens with one attached hydrogen (secondary N) is 1. The van der Waals surface area contributed by atoms with Crippen molar-refractivity contribution in [3.8, 4) is 5.69 Å². The van der Waals surface area contributed by atoms with E-state index >= 15 is 0 Å². The molecule has 4 rings (SSSR count). The van der Waals surface area contributed by atoms with Gasteiger partial charge in [0.2, 0.25) is 11.1 Å². The van der Waals surface area contributed by atoms with Gasteiger partial charge < -0.3 is 5.32 Å². The number of thioether (sulfide) groups is 1. The largest absolute Gasteiger partial charge is 0.324 e. The van der Waals surface area contributed by atoms with Gasteiger partial charge in [0.25, 0.3) is 0 Å². The summed E-state index contributed by atoms with van der Waals surface area (Å²) >= 11 is 7.47. The van der Waals surface area contributed by atoms with Crippen LogP contribution in [0.5, 0.6) is 0 Å². The number of para-hydroxylation sites is 2. The summed E-state index contributed by atoms with van der Waals surface area (Å²) < 4.78 is 1.90. The predicted octanol–water partition coefficient (Wildman–Crippen LogP) is 4.92. The Morgan fingerprint density at radius 3 is 2.59 bits per heavy atom. The fraction of sp³-hybridized carbons (Fsp3) is 0.250. The lowest BCUT2D eigenvalue weighted by Crippen LogP contribution is -2.22. The van der Waals surface area contributed by atoms with Gasteiger partial charge in [-0.25, -0.2) is 9.67 Å². The maximum absolute atomic E-state index is 12.5. The van der Waals surface area contributed by atoms with E-state index in [4.69, 9.17) is 16.6 Å². The third-order valence-electron chi connectivity index (χ3n) is 4.34. The first-order valence-corrected chi connectivity index (χ1v) is 10.1. The minimum absolute atomic E-state index is 0.128. The molecule has 138 valence electrons. The van der Waals surface area contributed by atoms with E-state index in [1.807, 2.05) is 54.1 Å². The molecule has 1 aromatic heterocycles. The van der Waals surface area contributed by atoms with Crippen molar-refractivity contribution in [3.05, 3.63) is 65.4 Å². The van der Waals surface area contributed by atoms with Gasteiger partial charge in [-0.15, -0.1) is 5.10 Å². The zero-order chi connectivity index (χ0) is 18.8. The van der Waals surface area contributed by atoms with Crippen molar-refractivity contribution in [3.63, 3.8) is 0 Å². The van der Waals surface area contributed by atoms with Gasteiger partial charge in [-0.05, 0) is 44.0 Å². The minimum atomic E-state index is -0.347. The number of hydrogen-bond acceptors (Lipinski definition) is 4. The number of carbonyl (C=O) groups is 1. The summed E-state index contributed by atoms with van der Waals surface area (Å²) in [6.07, 6.45) is 2.27. The van der Waals surface area contributed by atoms with Crippen LogP contribution in [0.2, 0.25) is 5.02 Å². The number of carbonyl (C=O) groups excluding carboxylic acids is 1. The van der Waals surface area contributed by atoms with Crippen LogP contribution in [0.25, 0.3) is 5.69 Å². The monoisotopic (exact) mass is 398 g/mol. The first-order valence-electron chi connectivity index (χ1n) is 8.86. The average molecular weight is 399 g/mol. The van der Waals surface area contributed by atoms with Gasteiger partial charge in [0.15, 0.2) is 0 Å². The number of aromatic nitrogens is 3. The van der Waals surface area contributed by atoms with E-state index < -0.39 is 0 Å². The molecular weight excluding hydrogens is 380 g/mol. The first-order chi connectivity index (χ1) is 13.1. The second kappa shape index (κ2) is 7.74. The Labute approximate surface area is 167 Å². The Morgan fingerprint density at radius 2 is 1.89 bits per heavy atom. The van der Waals surface area contributed by atoms with Crippen LogP contribution in [0, 0.1) is 0 Å². The van der Waals surface area contributed by atoms with E-state index in [9.17, 15) is 4.79 Å². The number of benzene rings is 2. The lowest BCUT2D eigenvalue weighted by Gasteiger charge is -2.11. The van der Waals surface area contributed by atoms with Gasteiger partial charge in [-0.1, -0.05) is 53.7 Å². The summed E-state index contributed by atoms with van der Waals surface area (Å²) in [5.74, 6) is 1.30. The molecule has 0 spiro atoms. The Hall–Kier alpha value is -2.31. The van der Waals surface area contributed by atoms with E-state index in [1.54, 1.807) is 12.1 Å². The Bertz CT molecular complexity index is 956. The highest BCUT2D eigenvalue weighted by Gasteiger charge is 2.31. The molecule has 5 nitrogen and oxygen atoms in total. The standard InChI is InChI=1S/C20H19ClN4OS/c1-13(19(26)22-17-10-6-5-9-16(17)21)27-20-23-18(14-11-12-14)25(24-20)15-7-3-2-4-8-15/h2-10,13-14H,11-12H2,1H3,(H,22,26)/t13-/m1/s1. The molecule has 1 atom stereocenters. The molecule has 1 saturated carbocycles. The molecule has 0 aliphatic heterocycles. The third-order valence-corrected chi connectivity index (χ3v) is 5.62. The van der Waals surface area contributed by atoms with E-state index in [1.165, 1.54) is 11.8 Å². The highest BCUT2D eigenvalue weighted by molar-refractivity contribution is 8.00. The fourth-order valence-corrected chi connectivity index (χ4v) is 3.67. The molecule has 1 N–H and O–H groups in total.